The fourth-order valence-electron chi connectivity index (χ4n) is 1.95. The van der Waals surface area contributed by atoms with Gasteiger partial charge in [-0.2, -0.15) is 13.2 Å². The molecule has 0 radical (unpaired) electrons. The number of hydrogen-bond donors (Lipinski definition) is 1. The lowest BCUT2D eigenvalue weighted by Gasteiger charge is -2.09. The van der Waals surface area contributed by atoms with E-state index in [1.54, 1.807) is 6.07 Å². The van der Waals surface area contributed by atoms with Crippen LogP contribution in [0.1, 0.15) is 21.5 Å². The highest BCUT2D eigenvalue weighted by Crippen LogP contribution is 2.29. The summed E-state index contributed by atoms with van der Waals surface area (Å²) in [4.78, 5) is 12.0. The van der Waals surface area contributed by atoms with E-state index < -0.39 is 11.7 Å². The van der Waals surface area contributed by atoms with Crippen molar-refractivity contribution in [2.45, 2.75) is 12.6 Å². The minimum absolute atomic E-state index is 0.240. The molecule has 122 valence electrons. The number of alkyl halides is 3. The van der Waals surface area contributed by atoms with E-state index in [4.69, 9.17) is 23.2 Å². The number of amides is 1. The summed E-state index contributed by atoms with van der Waals surface area (Å²) in [5, 5.41) is 3.33. The van der Waals surface area contributed by atoms with Crippen LogP contribution in [-0.4, -0.2) is 12.5 Å². The molecule has 2 aromatic carbocycles. The molecule has 23 heavy (non-hydrogen) atoms. The van der Waals surface area contributed by atoms with Gasteiger partial charge in [-0.1, -0.05) is 35.3 Å². The van der Waals surface area contributed by atoms with Gasteiger partial charge in [0.25, 0.3) is 5.91 Å². The Labute approximate surface area is 141 Å². The van der Waals surface area contributed by atoms with Crippen LogP contribution in [0.4, 0.5) is 13.2 Å². The van der Waals surface area contributed by atoms with Gasteiger partial charge in [0.05, 0.1) is 16.1 Å². The van der Waals surface area contributed by atoms with Crippen molar-refractivity contribution in [3.63, 3.8) is 0 Å². The Morgan fingerprint density at radius 1 is 1.04 bits per heavy atom. The minimum atomic E-state index is -4.35. The second-order valence-electron chi connectivity index (χ2n) is 4.82. The van der Waals surface area contributed by atoms with Crippen LogP contribution in [0, 0.1) is 0 Å². The zero-order valence-corrected chi connectivity index (χ0v) is 13.3. The fourth-order valence-corrected chi connectivity index (χ4v) is 2.44. The molecular weight excluding hydrogens is 350 g/mol. The van der Waals surface area contributed by atoms with E-state index in [0.29, 0.717) is 22.6 Å². The molecule has 0 saturated carbocycles. The third-order valence-electron chi connectivity index (χ3n) is 3.16. The molecule has 0 heterocycles. The first-order chi connectivity index (χ1) is 10.8. The van der Waals surface area contributed by atoms with Gasteiger partial charge in [0, 0.05) is 11.6 Å². The number of carbonyl (C=O) groups is 1. The molecule has 0 bridgehead atoms. The molecule has 0 aliphatic carbocycles. The number of rotatable bonds is 4. The minimum Gasteiger partial charge on any atom is -0.352 e. The third-order valence-corrected chi connectivity index (χ3v) is 3.70. The first-order valence-corrected chi connectivity index (χ1v) is 7.42. The molecule has 7 heteroatoms. The van der Waals surface area contributed by atoms with Gasteiger partial charge in [0.1, 0.15) is 0 Å². The summed E-state index contributed by atoms with van der Waals surface area (Å²) in [5.41, 5.74) is 0.294. The molecule has 0 saturated heterocycles. The van der Waals surface area contributed by atoms with E-state index in [1.807, 2.05) is 0 Å². The highest BCUT2D eigenvalue weighted by atomic mass is 35.5. The van der Waals surface area contributed by atoms with Crippen molar-refractivity contribution in [1.29, 1.82) is 0 Å². The van der Waals surface area contributed by atoms with Gasteiger partial charge in [-0.05, 0) is 42.3 Å². The topological polar surface area (TPSA) is 29.1 Å². The van der Waals surface area contributed by atoms with Gasteiger partial charge in [-0.15, -0.1) is 0 Å². The van der Waals surface area contributed by atoms with Gasteiger partial charge in [-0.3, -0.25) is 4.79 Å². The summed E-state index contributed by atoms with van der Waals surface area (Å²) in [5.74, 6) is -0.362. The maximum absolute atomic E-state index is 12.5. The van der Waals surface area contributed by atoms with E-state index in [2.05, 4.69) is 5.32 Å². The summed E-state index contributed by atoms with van der Waals surface area (Å²) in [7, 11) is 0. The first-order valence-electron chi connectivity index (χ1n) is 6.67. The Morgan fingerprint density at radius 3 is 2.26 bits per heavy atom. The van der Waals surface area contributed by atoms with Gasteiger partial charge in [0.15, 0.2) is 0 Å². The van der Waals surface area contributed by atoms with Crippen molar-refractivity contribution in [1.82, 2.24) is 5.32 Å². The maximum atomic E-state index is 12.5. The highest BCUT2D eigenvalue weighted by Gasteiger charge is 2.29. The van der Waals surface area contributed by atoms with Gasteiger partial charge >= 0.3 is 6.18 Å². The van der Waals surface area contributed by atoms with Crippen LogP contribution in [0.2, 0.25) is 10.0 Å². The first kappa shape index (κ1) is 17.6. The van der Waals surface area contributed by atoms with Gasteiger partial charge in [0.2, 0.25) is 0 Å². The predicted molar refractivity (Wildman–Crippen MR) is 83.9 cm³/mol. The van der Waals surface area contributed by atoms with Crippen LogP contribution in [0.15, 0.2) is 42.5 Å². The molecule has 0 aliphatic rings. The standard InChI is InChI=1S/C16H12Cl2F3NO/c17-12-5-6-13(14(18)9-12)15(23)22-8-7-10-1-3-11(4-2-10)16(19,20)21/h1-6,9H,7-8H2,(H,22,23). The monoisotopic (exact) mass is 361 g/mol. The van der Waals surface area contributed by atoms with Crippen LogP contribution in [0.25, 0.3) is 0 Å². The number of halogens is 5. The van der Waals surface area contributed by atoms with Gasteiger partial charge in [-0.25, -0.2) is 0 Å². The Balaban J connectivity index is 1.90. The van der Waals surface area contributed by atoms with Crippen LogP contribution in [0.5, 0.6) is 0 Å². The zero-order valence-electron chi connectivity index (χ0n) is 11.8. The average molecular weight is 362 g/mol. The summed E-state index contributed by atoms with van der Waals surface area (Å²) in [6, 6.07) is 9.36. The number of carbonyl (C=O) groups excluding carboxylic acids is 1. The van der Waals surface area contributed by atoms with Crippen molar-refractivity contribution in [2.24, 2.45) is 0 Å². The number of benzene rings is 2. The lowest BCUT2D eigenvalue weighted by Crippen LogP contribution is -2.26. The Hall–Kier alpha value is -1.72. The van der Waals surface area contributed by atoms with Crippen LogP contribution in [-0.2, 0) is 12.6 Å². The molecule has 0 spiro atoms. The molecule has 0 atom stereocenters. The van der Waals surface area contributed by atoms with Gasteiger partial charge < -0.3 is 5.32 Å². The van der Waals surface area contributed by atoms with E-state index in [1.165, 1.54) is 24.3 Å². The number of nitrogens with one attached hydrogen (secondary N) is 1. The SMILES string of the molecule is O=C(NCCc1ccc(C(F)(F)F)cc1)c1ccc(Cl)cc1Cl. The van der Waals surface area contributed by atoms with E-state index in [9.17, 15) is 18.0 Å². The van der Waals surface area contributed by atoms with Crippen LogP contribution < -0.4 is 5.32 Å². The molecule has 1 amide bonds. The average Bonchev–Trinajstić information content (AvgIpc) is 2.46. The lowest BCUT2D eigenvalue weighted by atomic mass is 10.1. The predicted octanol–water partition coefficient (Wildman–Crippen LogP) is 4.98. The molecule has 2 nitrogen and oxygen atoms in total. The Kier molecular flexibility index (Phi) is 5.55. The third kappa shape index (κ3) is 4.88. The van der Waals surface area contributed by atoms with E-state index in [-0.39, 0.29) is 17.5 Å². The van der Waals surface area contributed by atoms with Crippen molar-refractivity contribution in [3.05, 3.63) is 69.2 Å². The molecule has 1 N–H and O–H groups in total. The summed E-state index contributed by atoms with van der Waals surface area (Å²) in [6.45, 7) is 0.281. The van der Waals surface area contributed by atoms with Crippen LogP contribution in [0.3, 0.4) is 0 Å². The molecule has 2 aromatic rings. The molecule has 2 rings (SSSR count). The summed E-state index contributed by atoms with van der Waals surface area (Å²) >= 11 is 11.7. The quantitative estimate of drug-likeness (QED) is 0.816. The molecular formula is C16H12Cl2F3NO. The Morgan fingerprint density at radius 2 is 1.70 bits per heavy atom. The molecule has 0 aliphatic heterocycles. The van der Waals surface area contributed by atoms with E-state index in [0.717, 1.165) is 12.1 Å². The lowest BCUT2D eigenvalue weighted by molar-refractivity contribution is -0.137. The second-order valence-corrected chi connectivity index (χ2v) is 5.67. The van der Waals surface area contributed by atoms with Crippen LogP contribution >= 0.6 is 23.2 Å². The summed E-state index contributed by atoms with van der Waals surface area (Å²) < 4.78 is 37.4. The van der Waals surface area contributed by atoms with Crippen molar-refractivity contribution < 1.29 is 18.0 Å². The van der Waals surface area contributed by atoms with Crippen molar-refractivity contribution in [3.8, 4) is 0 Å². The smallest absolute Gasteiger partial charge is 0.352 e. The number of hydrogen-bond acceptors (Lipinski definition) is 1. The van der Waals surface area contributed by atoms with E-state index >= 15 is 0 Å². The largest absolute Gasteiger partial charge is 0.416 e. The molecule has 0 unspecified atom stereocenters. The zero-order chi connectivity index (χ0) is 17.0. The Bertz CT molecular complexity index is 699. The molecule has 0 aromatic heterocycles. The fraction of sp³-hybridized carbons (Fsp3) is 0.188. The molecule has 0 fully saturated rings. The van der Waals surface area contributed by atoms with Crippen molar-refractivity contribution in [2.75, 3.05) is 6.54 Å². The summed E-state index contributed by atoms with van der Waals surface area (Å²) in [6.07, 6.45) is -3.94. The van der Waals surface area contributed by atoms with Crippen molar-refractivity contribution >= 4 is 29.1 Å². The second kappa shape index (κ2) is 7.23. The normalized spacial score (nSPS) is 11.3. The maximum Gasteiger partial charge on any atom is 0.416 e. The highest BCUT2D eigenvalue weighted by molar-refractivity contribution is 6.36.